The van der Waals surface area contributed by atoms with Gasteiger partial charge in [-0.15, -0.1) is 0 Å². The summed E-state index contributed by atoms with van der Waals surface area (Å²) in [7, 11) is -3.48. The first-order valence-electron chi connectivity index (χ1n) is 5.93. The van der Waals surface area contributed by atoms with Crippen LogP contribution in [0, 0.1) is 5.41 Å². The fraction of sp³-hybridized carbons (Fsp3) is 0.417. The Balaban J connectivity index is 2.12. The van der Waals surface area contributed by atoms with Crippen molar-refractivity contribution in [2.75, 3.05) is 6.54 Å². The molecule has 98 valence electrons. The highest BCUT2D eigenvalue weighted by Gasteiger charge is 2.17. The van der Waals surface area contributed by atoms with Gasteiger partial charge in [0.25, 0.3) is 0 Å². The van der Waals surface area contributed by atoms with Crippen LogP contribution in [0.4, 0.5) is 0 Å². The van der Waals surface area contributed by atoms with Crippen LogP contribution >= 0.6 is 0 Å². The molecule has 0 unspecified atom stereocenters. The van der Waals surface area contributed by atoms with Crippen molar-refractivity contribution < 1.29 is 8.42 Å². The molecule has 5 nitrogen and oxygen atoms in total. The topological polar surface area (TPSA) is 96.0 Å². The van der Waals surface area contributed by atoms with Crippen molar-refractivity contribution in [3.8, 4) is 0 Å². The van der Waals surface area contributed by atoms with Crippen LogP contribution in [0.25, 0.3) is 0 Å². The largest absolute Gasteiger partial charge is 0.388 e. The van der Waals surface area contributed by atoms with E-state index in [2.05, 4.69) is 4.72 Å². The monoisotopic (exact) mass is 267 g/mol. The fourth-order valence-electron chi connectivity index (χ4n) is 2.12. The second-order valence-electron chi connectivity index (χ2n) is 4.46. The molecular weight excluding hydrogens is 250 g/mol. The average Bonchev–Trinajstić information content (AvgIpc) is 2.74. The number of amidine groups is 1. The molecule has 0 saturated carbocycles. The van der Waals surface area contributed by atoms with Gasteiger partial charge in [0.2, 0.25) is 10.0 Å². The van der Waals surface area contributed by atoms with Crippen LogP contribution in [0.1, 0.15) is 24.0 Å². The van der Waals surface area contributed by atoms with E-state index in [1.165, 1.54) is 5.56 Å². The number of hydrogen-bond donors (Lipinski definition) is 3. The van der Waals surface area contributed by atoms with Crippen LogP contribution < -0.4 is 10.5 Å². The van der Waals surface area contributed by atoms with Gasteiger partial charge >= 0.3 is 0 Å². The molecule has 2 rings (SSSR count). The second-order valence-corrected chi connectivity index (χ2v) is 6.22. The highest BCUT2D eigenvalue weighted by atomic mass is 32.2. The summed E-state index contributed by atoms with van der Waals surface area (Å²) in [5.41, 5.74) is 7.56. The predicted molar refractivity (Wildman–Crippen MR) is 70.2 cm³/mol. The maximum absolute atomic E-state index is 12.0. The molecule has 0 heterocycles. The summed E-state index contributed by atoms with van der Waals surface area (Å²) < 4.78 is 26.4. The molecule has 1 aliphatic rings. The Hall–Kier alpha value is -1.40. The van der Waals surface area contributed by atoms with Gasteiger partial charge in [-0.25, -0.2) is 13.1 Å². The smallest absolute Gasteiger partial charge is 0.240 e. The molecule has 18 heavy (non-hydrogen) atoms. The van der Waals surface area contributed by atoms with Gasteiger partial charge < -0.3 is 5.73 Å². The molecule has 0 aliphatic heterocycles. The summed E-state index contributed by atoms with van der Waals surface area (Å²) in [6, 6.07) is 5.28. The number of rotatable bonds is 5. The molecule has 6 heteroatoms. The lowest BCUT2D eigenvalue weighted by atomic mass is 10.1. The zero-order valence-corrected chi connectivity index (χ0v) is 10.9. The van der Waals surface area contributed by atoms with E-state index in [-0.39, 0.29) is 18.8 Å². The molecule has 0 saturated heterocycles. The normalized spacial score (nSPS) is 14.4. The third-order valence-corrected chi connectivity index (χ3v) is 4.53. The number of nitrogens with two attached hydrogens (primary N) is 1. The van der Waals surface area contributed by atoms with Gasteiger partial charge in [-0.3, -0.25) is 5.41 Å². The maximum Gasteiger partial charge on any atom is 0.240 e. The highest BCUT2D eigenvalue weighted by Crippen LogP contribution is 2.24. The first-order chi connectivity index (χ1) is 8.49. The summed E-state index contributed by atoms with van der Waals surface area (Å²) in [5.74, 6) is -0.0216. The molecule has 4 N–H and O–H groups in total. The van der Waals surface area contributed by atoms with Gasteiger partial charge in [0.15, 0.2) is 0 Å². The molecule has 0 atom stereocenters. The Morgan fingerprint density at radius 1 is 1.33 bits per heavy atom. The summed E-state index contributed by atoms with van der Waals surface area (Å²) in [4.78, 5) is 0.298. The molecule has 0 radical (unpaired) electrons. The zero-order chi connectivity index (χ0) is 13.2. The molecule has 0 amide bonds. The van der Waals surface area contributed by atoms with E-state index in [0.29, 0.717) is 4.90 Å². The van der Waals surface area contributed by atoms with Crippen LogP contribution in [-0.4, -0.2) is 20.8 Å². The highest BCUT2D eigenvalue weighted by molar-refractivity contribution is 7.89. The van der Waals surface area contributed by atoms with Gasteiger partial charge in [-0.1, -0.05) is 6.07 Å². The van der Waals surface area contributed by atoms with Gasteiger partial charge in [0.1, 0.15) is 0 Å². The van der Waals surface area contributed by atoms with Gasteiger partial charge in [0, 0.05) is 13.0 Å². The second kappa shape index (κ2) is 5.07. The predicted octanol–water partition coefficient (Wildman–Crippen LogP) is 0.780. The molecule has 1 aromatic carbocycles. The molecule has 0 spiro atoms. The van der Waals surface area contributed by atoms with Crippen LogP contribution in [0.15, 0.2) is 23.1 Å². The molecule has 0 fully saturated rings. The minimum Gasteiger partial charge on any atom is -0.388 e. The Kier molecular flexibility index (Phi) is 3.68. The number of nitrogens with one attached hydrogen (secondary N) is 2. The minimum atomic E-state index is -3.48. The van der Waals surface area contributed by atoms with Crippen molar-refractivity contribution in [2.24, 2.45) is 5.73 Å². The number of aryl methyl sites for hydroxylation is 2. The third-order valence-electron chi connectivity index (χ3n) is 3.07. The van der Waals surface area contributed by atoms with Crippen LogP contribution in [0.2, 0.25) is 0 Å². The Morgan fingerprint density at radius 2 is 2.06 bits per heavy atom. The lowest BCUT2D eigenvalue weighted by molar-refractivity contribution is 0.582. The van der Waals surface area contributed by atoms with Crippen molar-refractivity contribution in [3.05, 3.63) is 29.3 Å². The van der Waals surface area contributed by atoms with E-state index < -0.39 is 10.0 Å². The zero-order valence-electron chi connectivity index (χ0n) is 10.1. The number of benzene rings is 1. The van der Waals surface area contributed by atoms with Gasteiger partial charge in [-0.05, 0) is 42.5 Å². The van der Waals surface area contributed by atoms with Crippen molar-refractivity contribution >= 4 is 15.9 Å². The van der Waals surface area contributed by atoms with E-state index >= 15 is 0 Å². The minimum absolute atomic E-state index is 0.0216. The maximum atomic E-state index is 12.0. The molecule has 0 aromatic heterocycles. The fourth-order valence-corrected chi connectivity index (χ4v) is 3.20. The van der Waals surface area contributed by atoms with E-state index in [1.54, 1.807) is 12.1 Å². The molecule has 1 aromatic rings. The summed E-state index contributed by atoms with van der Waals surface area (Å²) in [6.07, 6.45) is 3.31. The van der Waals surface area contributed by atoms with E-state index in [1.807, 2.05) is 6.07 Å². The van der Waals surface area contributed by atoms with E-state index in [9.17, 15) is 8.42 Å². The van der Waals surface area contributed by atoms with Gasteiger partial charge in [0.05, 0.1) is 10.7 Å². The lowest BCUT2D eigenvalue weighted by Crippen LogP contribution is -2.27. The van der Waals surface area contributed by atoms with Crippen LogP contribution in [-0.2, 0) is 22.9 Å². The molecule has 1 aliphatic carbocycles. The SMILES string of the molecule is N=C(N)CCNS(=O)(=O)c1ccc2c(c1)CCC2. The summed E-state index contributed by atoms with van der Waals surface area (Å²) in [5, 5.41) is 7.05. The average molecular weight is 267 g/mol. The molecule has 0 bridgehead atoms. The number of fused-ring (bicyclic) bond motifs is 1. The lowest BCUT2D eigenvalue weighted by Gasteiger charge is -2.08. The van der Waals surface area contributed by atoms with E-state index in [0.717, 1.165) is 24.8 Å². The Morgan fingerprint density at radius 3 is 2.78 bits per heavy atom. The van der Waals surface area contributed by atoms with Gasteiger partial charge in [-0.2, -0.15) is 0 Å². The quantitative estimate of drug-likeness (QED) is 0.543. The summed E-state index contributed by atoms with van der Waals surface area (Å²) >= 11 is 0. The van der Waals surface area contributed by atoms with Crippen LogP contribution in [0.5, 0.6) is 0 Å². The summed E-state index contributed by atoms with van der Waals surface area (Å²) in [6.45, 7) is 0.161. The van der Waals surface area contributed by atoms with Crippen molar-refractivity contribution in [3.63, 3.8) is 0 Å². The number of sulfonamides is 1. The third kappa shape index (κ3) is 2.88. The standard InChI is InChI=1S/C12H17N3O2S/c13-12(14)6-7-15-18(16,17)11-5-4-9-2-1-3-10(9)8-11/h4-5,8,15H,1-3,6-7H2,(H3,13,14). The van der Waals surface area contributed by atoms with Crippen molar-refractivity contribution in [1.82, 2.24) is 4.72 Å². The molecular formula is C12H17N3O2S. The first-order valence-corrected chi connectivity index (χ1v) is 7.42. The van der Waals surface area contributed by atoms with E-state index in [4.69, 9.17) is 11.1 Å². The van der Waals surface area contributed by atoms with Crippen LogP contribution in [0.3, 0.4) is 0 Å². The number of hydrogen-bond acceptors (Lipinski definition) is 3. The van der Waals surface area contributed by atoms with Crippen molar-refractivity contribution in [1.29, 1.82) is 5.41 Å². The van der Waals surface area contributed by atoms with Crippen molar-refractivity contribution in [2.45, 2.75) is 30.6 Å². The Bertz CT molecular complexity index is 567. The Labute approximate surface area is 107 Å². The first kappa shape index (κ1) is 13.0.